The highest BCUT2D eigenvalue weighted by Gasteiger charge is 2.47. The first-order valence-corrected chi connectivity index (χ1v) is 16.3. The molecule has 3 rings (SSSR count). The lowest BCUT2D eigenvalue weighted by Crippen LogP contribution is -2.55. The van der Waals surface area contributed by atoms with E-state index in [2.05, 4.69) is 20.3 Å². The third kappa shape index (κ3) is 8.53. The fourth-order valence-corrected chi connectivity index (χ4v) is 7.72. The monoisotopic (exact) mass is 637 g/mol. The van der Waals surface area contributed by atoms with Crippen LogP contribution in [-0.2, 0) is 38.2 Å². The summed E-state index contributed by atoms with van der Waals surface area (Å²) in [5.41, 5.74) is 0. The molecule has 0 radical (unpaired) electrons. The number of methoxy groups -OCH3 is 3. The van der Waals surface area contributed by atoms with Gasteiger partial charge in [0.15, 0.2) is 0 Å². The van der Waals surface area contributed by atoms with Crippen molar-refractivity contribution >= 4 is 29.6 Å². The summed E-state index contributed by atoms with van der Waals surface area (Å²) < 4.78 is 16.2. The number of likely N-dealkylation sites (N-methyl/N-ethyl adjacent to an activating group) is 2. The number of ether oxygens (including phenoxy) is 3. The predicted molar refractivity (Wildman–Crippen MR) is 167 cm³/mol. The van der Waals surface area contributed by atoms with Gasteiger partial charge in [-0.05, 0) is 51.0 Å². The van der Waals surface area contributed by atoms with E-state index in [1.807, 2.05) is 20.9 Å². The topological polar surface area (TPSA) is 147 Å². The first-order valence-electron chi connectivity index (χ1n) is 16.3. The second kappa shape index (κ2) is 16.7. The SMILES string of the molecule is CCC(C)C(C(CC(=O)N1CCCC1C(OC)C(C)C(=O)NCC(=O)OC)OC)N(C)C(=O)CNC(=O)C1C2CCC(C2)N1C. The van der Waals surface area contributed by atoms with Gasteiger partial charge in [-0.25, -0.2) is 0 Å². The van der Waals surface area contributed by atoms with Gasteiger partial charge in [0.2, 0.25) is 23.6 Å². The number of amides is 4. The second-order valence-corrected chi connectivity index (χ2v) is 13.0. The van der Waals surface area contributed by atoms with Crippen molar-refractivity contribution in [3.8, 4) is 0 Å². The molecule has 13 heteroatoms. The molecule has 0 aromatic carbocycles. The molecule has 13 nitrogen and oxygen atoms in total. The Morgan fingerprint density at radius 3 is 2.27 bits per heavy atom. The van der Waals surface area contributed by atoms with Crippen molar-refractivity contribution in [3.05, 3.63) is 0 Å². The molecular formula is C32H55N5O8. The number of piperidine rings is 1. The van der Waals surface area contributed by atoms with Crippen LogP contribution in [0.15, 0.2) is 0 Å². The van der Waals surface area contributed by atoms with Crippen molar-refractivity contribution in [2.45, 2.75) is 102 Å². The van der Waals surface area contributed by atoms with Gasteiger partial charge in [0, 0.05) is 33.9 Å². The number of carbonyl (C=O) groups is 5. The Kier molecular flexibility index (Phi) is 13.6. The molecule has 0 aromatic heterocycles. The van der Waals surface area contributed by atoms with Crippen molar-refractivity contribution < 1.29 is 38.2 Å². The van der Waals surface area contributed by atoms with Gasteiger partial charge in [-0.2, -0.15) is 0 Å². The van der Waals surface area contributed by atoms with Crippen LogP contribution in [0.2, 0.25) is 0 Å². The van der Waals surface area contributed by atoms with Gasteiger partial charge in [0.25, 0.3) is 0 Å². The highest BCUT2D eigenvalue weighted by atomic mass is 16.5. The van der Waals surface area contributed by atoms with Crippen LogP contribution in [0.25, 0.3) is 0 Å². The quantitative estimate of drug-likeness (QED) is 0.235. The molecule has 2 bridgehead atoms. The zero-order valence-electron chi connectivity index (χ0n) is 28.4. The first kappa shape index (κ1) is 36.7. The molecule has 2 aliphatic heterocycles. The minimum Gasteiger partial charge on any atom is -0.468 e. The van der Waals surface area contributed by atoms with E-state index >= 15 is 0 Å². The Balaban J connectivity index is 1.65. The third-order valence-corrected chi connectivity index (χ3v) is 10.5. The Morgan fingerprint density at radius 2 is 1.69 bits per heavy atom. The van der Waals surface area contributed by atoms with E-state index in [0.717, 1.165) is 32.1 Å². The zero-order valence-corrected chi connectivity index (χ0v) is 28.4. The molecule has 4 amide bonds. The summed E-state index contributed by atoms with van der Waals surface area (Å²) in [5.74, 6) is -1.67. The lowest BCUT2D eigenvalue weighted by molar-refractivity contribution is -0.146. The van der Waals surface area contributed by atoms with E-state index in [9.17, 15) is 24.0 Å². The Bertz CT molecular complexity index is 1060. The van der Waals surface area contributed by atoms with E-state index < -0.39 is 30.1 Å². The van der Waals surface area contributed by atoms with Crippen LogP contribution >= 0.6 is 0 Å². The zero-order chi connectivity index (χ0) is 33.4. The molecule has 45 heavy (non-hydrogen) atoms. The summed E-state index contributed by atoms with van der Waals surface area (Å²) >= 11 is 0. The number of likely N-dealkylation sites (tertiary alicyclic amines) is 2. The number of nitrogens with zero attached hydrogens (tertiary/aromatic N) is 3. The van der Waals surface area contributed by atoms with Crippen LogP contribution in [0.4, 0.5) is 0 Å². The molecule has 2 heterocycles. The summed E-state index contributed by atoms with van der Waals surface area (Å²) in [6.07, 6.45) is 4.26. The van der Waals surface area contributed by atoms with Gasteiger partial charge < -0.3 is 34.6 Å². The third-order valence-electron chi connectivity index (χ3n) is 10.5. The van der Waals surface area contributed by atoms with E-state index in [-0.39, 0.29) is 61.1 Å². The number of nitrogens with one attached hydrogen (secondary N) is 2. The first-order chi connectivity index (χ1) is 21.4. The summed E-state index contributed by atoms with van der Waals surface area (Å²) in [6.45, 7) is 5.93. The van der Waals surface area contributed by atoms with Crippen LogP contribution in [0.1, 0.15) is 65.7 Å². The average Bonchev–Trinajstić information content (AvgIpc) is 3.79. The van der Waals surface area contributed by atoms with Gasteiger partial charge in [-0.15, -0.1) is 0 Å². The van der Waals surface area contributed by atoms with Crippen LogP contribution < -0.4 is 10.6 Å². The van der Waals surface area contributed by atoms with E-state index in [1.54, 1.807) is 30.9 Å². The van der Waals surface area contributed by atoms with E-state index in [0.29, 0.717) is 24.9 Å². The molecule has 9 unspecified atom stereocenters. The molecule has 9 atom stereocenters. The number of hydrogen-bond donors (Lipinski definition) is 2. The molecule has 2 N–H and O–H groups in total. The van der Waals surface area contributed by atoms with Crippen molar-refractivity contribution in [3.63, 3.8) is 0 Å². The molecular weight excluding hydrogens is 582 g/mol. The smallest absolute Gasteiger partial charge is 0.325 e. The Labute approximate surface area is 268 Å². The largest absolute Gasteiger partial charge is 0.468 e. The van der Waals surface area contributed by atoms with E-state index in [1.165, 1.54) is 14.2 Å². The highest BCUT2D eigenvalue weighted by molar-refractivity contribution is 5.88. The summed E-state index contributed by atoms with van der Waals surface area (Å²) in [5, 5.41) is 5.45. The molecule has 3 aliphatic rings. The number of hydrogen-bond acceptors (Lipinski definition) is 9. The summed E-state index contributed by atoms with van der Waals surface area (Å²) in [4.78, 5) is 70.1. The maximum atomic E-state index is 13.8. The highest BCUT2D eigenvalue weighted by Crippen LogP contribution is 2.41. The lowest BCUT2D eigenvalue weighted by atomic mass is 9.90. The van der Waals surface area contributed by atoms with E-state index in [4.69, 9.17) is 9.47 Å². The van der Waals surface area contributed by atoms with Crippen molar-refractivity contribution in [2.75, 3.05) is 55.1 Å². The van der Waals surface area contributed by atoms with Gasteiger partial charge in [-0.1, -0.05) is 27.2 Å². The molecule has 2 saturated heterocycles. The van der Waals surface area contributed by atoms with Crippen molar-refractivity contribution in [1.82, 2.24) is 25.3 Å². The lowest BCUT2D eigenvalue weighted by Gasteiger charge is -2.39. The van der Waals surface area contributed by atoms with Crippen LogP contribution in [0, 0.1) is 17.8 Å². The van der Waals surface area contributed by atoms with Crippen LogP contribution in [-0.4, -0.2) is 136 Å². The summed E-state index contributed by atoms with van der Waals surface area (Å²) in [6, 6.07) is -0.483. The van der Waals surface area contributed by atoms with Gasteiger partial charge in [0.05, 0.1) is 56.3 Å². The van der Waals surface area contributed by atoms with Crippen molar-refractivity contribution in [1.29, 1.82) is 0 Å². The van der Waals surface area contributed by atoms with Crippen molar-refractivity contribution in [2.24, 2.45) is 17.8 Å². The molecule has 256 valence electrons. The number of fused-ring (bicyclic) bond motifs is 2. The molecule has 1 aliphatic carbocycles. The van der Waals surface area contributed by atoms with Gasteiger partial charge in [0.1, 0.15) is 6.54 Å². The molecule has 0 aromatic rings. The predicted octanol–water partition coefficient (Wildman–Crippen LogP) is 0.795. The second-order valence-electron chi connectivity index (χ2n) is 13.0. The Morgan fingerprint density at radius 1 is 0.978 bits per heavy atom. The number of rotatable bonds is 16. The standard InChI is InChI=1S/C32H55N5O8/c1-9-19(2)28(36(5)26(39)17-33-32(42)29-21-12-13-22(15-21)35(29)4)24(43-6)16-25(38)37-14-10-11-23(37)30(45-8)20(3)31(41)34-18-27(40)44-7/h19-24,28-30H,9-18H2,1-8H3,(H,33,42)(H,34,41). The maximum Gasteiger partial charge on any atom is 0.325 e. The molecule has 0 spiro atoms. The maximum absolute atomic E-state index is 13.8. The molecule has 1 saturated carbocycles. The fraction of sp³-hybridized carbons (Fsp3) is 0.844. The number of carbonyl (C=O) groups excluding carboxylic acids is 5. The average molecular weight is 638 g/mol. The van der Waals surface area contributed by atoms with Crippen LogP contribution in [0.3, 0.4) is 0 Å². The fourth-order valence-electron chi connectivity index (χ4n) is 7.72. The molecule has 3 fully saturated rings. The Hall–Kier alpha value is -2.77. The number of esters is 1. The normalized spacial score (nSPS) is 26.1. The minimum absolute atomic E-state index is 0.0173. The van der Waals surface area contributed by atoms with Crippen LogP contribution in [0.5, 0.6) is 0 Å². The van der Waals surface area contributed by atoms with Gasteiger partial charge >= 0.3 is 5.97 Å². The minimum atomic E-state index is -0.623. The summed E-state index contributed by atoms with van der Waals surface area (Å²) in [7, 11) is 8.01. The van der Waals surface area contributed by atoms with Gasteiger partial charge in [-0.3, -0.25) is 28.9 Å².